The van der Waals surface area contributed by atoms with Crippen LogP contribution in [0.3, 0.4) is 0 Å². The number of likely N-dealkylation sites (N-methyl/N-ethyl adjacent to an activating group) is 1. The Morgan fingerprint density at radius 2 is 1.79 bits per heavy atom. The Balaban J connectivity index is 1.83. The number of nitrogens with one attached hydrogen (secondary N) is 1. The fourth-order valence-corrected chi connectivity index (χ4v) is 5.17. The third-order valence-corrected chi connectivity index (χ3v) is 6.73. The third-order valence-electron chi connectivity index (χ3n) is 5.07. The van der Waals surface area contributed by atoms with E-state index in [9.17, 15) is 8.42 Å². The lowest BCUT2D eigenvalue weighted by Crippen LogP contribution is -2.36. The standard InChI is InChI=1S/C18H28N2O3S/c1-14-12-16-17(23-11-10-20(16)2)13-18(14)24(21,22)19-15-8-6-4-3-5-7-9-15/h12-13,15,19H,3-11H2,1-2H3. The molecule has 3 rings (SSSR count). The summed E-state index contributed by atoms with van der Waals surface area (Å²) in [5.41, 5.74) is 1.73. The molecule has 0 spiro atoms. The molecule has 0 bridgehead atoms. The minimum absolute atomic E-state index is 0.0503. The summed E-state index contributed by atoms with van der Waals surface area (Å²) in [7, 11) is -1.52. The fraction of sp³-hybridized carbons (Fsp3) is 0.667. The molecule has 1 aliphatic carbocycles. The summed E-state index contributed by atoms with van der Waals surface area (Å²) in [5, 5.41) is 0. The molecular formula is C18H28N2O3S. The van der Waals surface area contributed by atoms with E-state index in [-0.39, 0.29) is 6.04 Å². The normalized spacial score (nSPS) is 20.0. The van der Waals surface area contributed by atoms with Crippen LogP contribution in [0.15, 0.2) is 17.0 Å². The molecule has 5 nitrogen and oxygen atoms in total. The first-order valence-corrected chi connectivity index (χ1v) is 10.5. The van der Waals surface area contributed by atoms with Crippen molar-refractivity contribution < 1.29 is 13.2 Å². The maximum absolute atomic E-state index is 12.9. The Kier molecular flexibility index (Phi) is 5.35. The van der Waals surface area contributed by atoms with Crippen molar-refractivity contribution in [3.63, 3.8) is 0 Å². The zero-order valence-corrected chi connectivity index (χ0v) is 15.5. The highest BCUT2D eigenvalue weighted by atomic mass is 32.2. The largest absolute Gasteiger partial charge is 0.490 e. The number of nitrogens with zero attached hydrogens (tertiary/aromatic N) is 1. The van der Waals surface area contributed by atoms with Gasteiger partial charge in [-0.2, -0.15) is 0 Å². The van der Waals surface area contributed by atoms with Crippen molar-refractivity contribution >= 4 is 15.7 Å². The van der Waals surface area contributed by atoms with Crippen molar-refractivity contribution in [2.75, 3.05) is 25.1 Å². The third kappa shape index (κ3) is 3.86. The molecule has 6 heteroatoms. The molecule has 24 heavy (non-hydrogen) atoms. The van der Waals surface area contributed by atoms with Gasteiger partial charge in [-0.15, -0.1) is 0 Å². The minimum Gasteiger partial charge on any atom is -0.490 e. The number of hydrogen-bond acceptors (Lipinski definition) is 4. The van der Waals surface area contributed by atoms with Gasteiger partial charge < -0.3 is 9.64 Å². The van der Waals surface area contributed by atoms with Gasteiger partial charge in [0.05, 0.1) is 17.1 Å². The maximum atomic E-state index is 12.9. The summed E-state index contributed by atoms with van der Waals surface area (Å²) >= 11 is 0. The molecule has 1 saturated carbocycles. The summed E-state index contributed by atoms with van der Waals surface area (Å²) in [6, 6.07) is 3.65. The Labute approximate surface area is 145 Å². The summed E-state index contributed by atoms with van der Waals surface area (Å²) < 4.78 is 34.4. The average molecular weight is 353 g/mol. The van der Waals surface area contributed by atoms with Crippen LogP contribution in [0, 0.1) is 6.92 Å². The van der Waals surface area contributed by atoms with Gasteiger partial charge in [0.15, 0.2) is 0 Å². The van der Waals surface area contributed by atoms with Crippen LogP contribution in [-0.4, -0.2) is 34.7 Å². The number of anilines is 1. The lowest BCUT2D eigenvalue weighted by atomic mass is 9.97. The zero-order chi connectivity index (χ0) is 17.2. The summed E-state index contributed by atoms with van der Waals surface area (Å²) in [4.78, 5) is 2.45. The van der Waals surface area contributed by atoms with Gasteiger partial charge in [-0.25, -0.2) is 13.1 Å². The lowest BCUT2D eigenvalue weighted by molar-refractivity contribution is 0.310. The van der Waals surface area contributed by atoms with Crippen LogP contribution in [-0.2, 0) is 10.0 Å². The zero-order valence-electron chi connectivity index (χ0n) is 14.7. The summed E-state index contributed by atoms with van der Waals surface area (Å²) in [6.07, 6.45) is 7.75. The van der Waals surface area contributed by atoms with Crippen molar-refractivity contribution in [1.82, 2.24) is 4.72 Å². The topological polar surface area (TPSA) is 58.6 Å². The molecule has 1 aromatic carbocycles. The Bertz CT molecular complexity index is 680. The van der Waals surface area contributed by atoms with Crippen LogP contribution in [0.2, 0.25) is 0 Å². The number of hydrogen-bond donors (Lipinski definition) is 1. The van der Waals surface area contributed by atoms with Gasteiger partial charge in [0.25, 0.3) is 0 Å². The van der Waals surface area contributed by atoms with E-state index in [1.807, 2.05) is 20.0 Å². The van der Waals surface area contributed by atoms with E-state index in [4.69, 9.17) is 4.74 Å². The van der Waals surface area contributed by atoms with Crippen LogP contribution < -0.4 is 14.4 Å². The van der Waals surface area contributed by atoms with Crippen molar-refractivity contribution in [1.29, 1.82) is 0 Å². The molecule has 134 valence electrons. The van der Waals surface area contributed by atoms with Gasteiger partial charge in [-0.05, 0) is 31.4 Å². The molecule has 0 amide bonds. The molecule has 1 aromatic rings. The van der Waals surface area contributed by atoms with E-state index in [2.05, 4.69) is 9.62 Å². The Hall–Kier alpha value is -1.27. The highest BCUT2D eigenvalue weighted by molar-refractivity contribution is 7.89. The molecular weight excluding hydrogens is 324 g/mol. The fourth-order valence-electron chi connectivity index (χ4n) is 3.63. The minimum atomic E-state index is -3.52. The van der Waals surface area contributed by atoms with Crippen LogP contribution in [0.4, 0.5) is 5.69 Å². The van der Waals surface area contributed by atoms with Crippen molar-refractivity contribution in [2.45, 2.75) is 62.8 Å². The summed E-state index contributed by atoms with van der Waals surface area (Å²) in [6.45, 7) is 3.26. The molecule has 0 radical (unpaired) electrons. The molecule has 1 heterocycles. The van der Waals surface area contributed by atoms with Gasteiger partial charge in [0, 0.05) is 19.2 Å². The summed E-state index contributed by atoms with van der Waals surface area (Å²) in [5.74, 6) is 0.660. The number of aryl methyl sites for hydroxylation is 1. The number of fused-ring (bicyclic) bond motifs is 1. The SMILES string of the molecule is Cc1cc2c(cc1S(=O)(=O)NC1CCCCCCC1)OCCN2C. The van der Waals surface area contributed by atoms with Crippen molar-refractivity contribution in [3.8, 4) is 5.75 Å². The van der Waals surface area contributed by atoms with E-state index in [1.54, 1.807) is 6.07 Å². The van der Waals surface area contributed by atoms with E-state index in [0.29, 0.717) is 17.3 Å². The smallest absolute Gasteiger partial charge is 0.241 e. The first kappa shape index (κ1) is 17.5. The van der Waals surface area contributed by atoms with Gasteiger partial charge in [0.1, 0.15) is 12.4 Å². The van der Waals surface area contributed by atoms with Gasteiger partial charge in [0.2, 0.25) is 10.0 Å². The first-order chi connectivity index (χ1) is 11.5. The highest BCUT2D eigenvalue weighted by Crippen LogP contribution is 2.35. The van der Waals surface area contributed by atoms with Gasteiger partial charge in [-0.3, -0.25) is 0 Å². The first-order valence-electron chi connectivity index (χ1n) is 8.98. The van der Waals surface area contributed by atoms with Crippen LogP contribution in [0.25, 0.3) is 0 Å². The van der Waals surface area contributed by atoms with E-state index >= 15 is 0 Å². The number of benzene rings is 1. The van der Waals surface area contributed by atoms with Crippen molar-refractivity contribution in [3.05, 3.63) is 17.7 Å². The molecule has 0 unspecified atom stereocenters. The van der Waals surface area contributed by atoms with E-state index < -0.39 is 10.0 Å². The average Bonchev–Trinajstić information content (AvgIpc) is 2.50. The number of sulfonamides is 1. The highest BCUT2D eigenvalue weighted by Gasteiger charge is 2.25. The Morgan fingerprint density at radius 3 is 2.50 bits per heavy atom. The lowest BCUT2D eigenvalue weighted by Gasteiger charge is -2.29. The maximum Gasteiger partial charge on any atom is 0.241 e. The molecule has 0 saturated heterocycles. The second-order valence-corrected chi connectivity index (χ2v) is 8.70. The van der Waals surface area contributed by atoms with Crippen molar-refractivity contribution in [2.24, 2.45) is 0 Å². The van der Waals surface area contributed by atoms with Crippen LogP contribution in [0.5, 0.6) is 5.75 Å². The van der Waals surface area contributed by atoms with Gasteiger partial charge >= 0.3 is 0 Å². The van der Waals surface area contributed by atoms with Crippen LogP contribution >= 0.6 is 0 Å². The van der Waals surface area contributed by atoms with E-state index in [0.717, 1.165) is 43.5 Å². The van der Waals surface area contributed by atoms with Gasteiger partial charge in [-0.1, -0.05) is 32.1 Å². The predicted octanol–water partition coefficient (Wildman–Crippen LogP) is 3.21. The number of ether oxygens (including phenoxy) is 1. The van der Waals surface area contributed by atoms with Crippen LogP contribution in [0.1, 0.15) is 50.5 Å². The second kappa shape index (κ2) is 7.31. The molecule has 1 N–H and O–H groups in total. The molecule has 1 fully saturated rings. The monoisotopic (exact) mass is 352 g/mol. The number of rotatable bonds is 3. The second-order valence-electron chi connectivity index (χ2n) is 7.02. The molecule has 2 aliphatic rings. The van der Waals surface area contributed by atoms with E-state index in [1.165, 1.54) is 19.3 Å². The predicted molar refractivity (Wildman–Crippen MR) is 96.4 cm³/mol. The molecule has 1 aliphatic heterocycles. The quantitative estimate of drug-likeness (QED) is 0.907. The molecule has 0 aromatic heterocycles. The Morgan fingerprint density at radius 1 is 1.12 bits per heavy atom. The molecule has 0 atom stereocenters.